The Balaban J connectivity index is 1.02. The molecule has 2 nitrogen and oxygen atoms in total. The molecule has 0 radical (unpaired) electrons. The highest BCUT2D eigenvalue weighted by Gasteiger charge is 2.38. The third-order valence-corrected chi connectivity index (χ3v) is 11.3. The van der Waals surface area contributed by atoms with Gasteiger partial charge in [0, 0.05) is 22.1 Å². The lowest BCUT2D eigenvalue weighted by Gasteiger charge is -2.23. The van der Waals surface area contributed by atoms with Crippen molar-refractivity contribution in [2.24, 2.45) is 0 Å². The van der Waals surface area contributed by atoms with E-state index in [0.29, 0.717) is 5.82 Å². The van der Waals surface area contributed by atoms with Crippen LogP contribution in [-0.4, -0.2) is 9.97 Å². The smallest absolute Gasteiger partial charge is 0.160 e. The second kappa shape index (κ2) is 13.2. The summed E-state index contributed by atoms with van der Waals surface area (Å²) < 4.78 is 0. The van der Waals surface area contributed by atoms with E-state index in [1.807, 2.05) is 24.3 Å². The summed E-state index contributed by atoms with van der Waals surface area (Å²) in [5.41, 5.74) is 17.5. The lowest BCUT2D eigenvalue weighted by Crippen LogP contribution is -2.15. The van der Waals surface area contributed by atoms with Gasteiger partial charge in [0.1, 0.15) is 0 Å². The topological polar surface area (TPSA) is 25.8 Å². The van der Waals surface area contributed by atoms with E-state index < -0.39 is 0 Å². The molecule has 1 aromatic heterocycles. The maximum absolute atomic E-state index is 5.11. The van der Waals surface area contributed by atoms with Crippen molar-refractivity contribution in [3.05, 3.63) is 205 Å². The van der Waals surface area contributed by atoms with Crippen molar-refractivity contribution in [1.82, 2.24) is 9.97 Å². The maximum atomic E-state index is 5.11. The molecule has 1 heterocycles. The van der Waals surface area contributed by atoms with Crippen molar-refractivity contribution in [1.29, 1.82) is 0 Å². The number of fused-ring (bicyclic) bond motifs is 5. The molecule has 0 bridgehead atoms. The second-order valence-corrected chi connectivity index (χ2v) is 15.0. The average molecular weight is 703 g/mol. The first-order valence-corrected chi connectivity index (χ1v) is 19.0. The van der Waals surface area contributed by atoms with Gasteiger partial charge in [0.2, 0.25) is 0 Å². The highest BCUT2D eigenvalue weighted by Crippen LogP contribution is 2.54. The highest BCUT2D eigenvalue weighted by atomic mass is 14.9. The monoisotopic (exact) mass is 702 g/mol. The molecule has 0 saturated carbocycles. The van der Waals surface area contributed by atoms with Crippen LogP contribution in [0.25, 0.3) is 89.2 Å². The Morgan fingerprint density at radius 1 is 0.364 bits per heavy atom. The molecule has 0 saturated heterocycles. The van der Waals surface area contributed by atoms with E-state index in [-0.39, 0.29) is 5.41 Å². The minimum Gasteiger partial charge on any atom is -0.228 e. The van der Waals surface area contributed by atoms with Gasteiger partial charge in [-0.1, -0.05) is 190 Å². The molecule has 1 aliphatic rings. The van der Waals surface area contributed by atoms with Crippen molar-refractivity contribution in [3.8, 4) is 78.4 Å². The molecule has 1 aliphatic carbocycles. The Kier molecular flexibility index (Phi) is 7.85. The summed E-state index contributed by atoms with van der Waals surface area (Å²) in [7, 11) is 0. The third kappa shape index (κ3) is 5.75. The van der Waals surface area contributed by atoms with Crippen LogP contribution in [0.2, 0.25) is 0 Å². The molecule has 0 aliphatic heterocycles. The Morgan fingerprint density at radius 3 is 1.65 bits per heavy atom. The van der Waals surface area contributed by atoms with E-state index in [1.54, 1.807) is 0 Å². The maximum Gasteiger partial charge on any atom is 0.160 e. The van der Waals surface area contributed by atoms with Crippen LogP contribution < -0.4 is 0 Å². The minimum absolute atomic E-state index is 0.0963. The molecule has 0 unspecified atom stereocenters. The van der Waals surface area contributed by atoms with Gasteiger partial charge in [-0.05, 0) is 84.6 Å². The Morgan fingerprint density at radius 2 is 0.909 bits per heavy atom. The first-order valence-electron chi connectivity index (χ1n) is 19.0. The standard InChI is InChI=1S/C53H38N2/c1-53(2)47-25-13-24-44(50(47)46-31-30-37-16-9-10-23-45(37)51(46)53)42-21-11-19-40(32-42)36-26-28-38(29-27-36)48-34-49(55-52(54-48)39-17-7-4-8-18-39)43-22-12-20-41(33-43)35-14-5-3-6-15-35/h3-34H,1-2H3. The van der Waals surface area contributed by atoms with Crippen LogP contribution in [0, 0.1) is 0 Å². The molecule has 0 N–H and O–H groups in total. The average Bonchev–Trinajstić information content (AvgIpc) is 3.50. The van der Waals surface area contributed by atoms with Gasteiger partial charge in [-0.15, -0.1) is 0 Å². The normalized spacial score (nSPS) is 12.7. The van der Waals surface area contributed by atoms with E-state index in [9.17, 15) is 0 Å². The Hall–Kier alpha value is -6.90. The van der Waals surface area contributed by atoms with Crippen molar-refractivity contribution < 1.29 is 0 Å². The fourth-order valence-electron chi connectivity index (χ4n) is 8.54. The van der Waals surface area contributed by atoms with E-state index in [0.717, 1.165) is 39.2 Å². The van der Waals surface area contributed by atoms with Crippen molar-refractivity contribution in [2.75, 3.05) is 0 Å². The Bertz CT molecular complexity index is 2870. The van der Waals surface area contributed by atoms with Crippen molar-refractivity contribution in [3.63, 3.8) is 0 Å². The van der Waals surface area contributed by atoms with Crippen molar-refractivity contribution >= 4 is 10.8 Å². The highest BCUT2D eigenvalue weighted by molar-refractivity contribution is 6.01. The lowest BCUT2D eigenvalue weighted by atomic mass is 9.80. The quantitative estimate of drug-likeness (QED) is 0.172. The predicted octanol–water partition coefficient (Wildman–Crippen LogP) is 13.9. The molecule has 10 rings (SSSR count). The molecule has 55 heavy (non-hydrogen) atoms. The van der Waals surface area contributed by atoms with E-state index in [2.05, 4.69) is 184 Å². The fourth-order valence-corrected chi connectivity index (χ4v) is 8.54. The van der Waals surface area contributed by atoms with Crippen LogP contribution in [0.3, 0.4) is 0 Å². The largest absolute Gasteiger partial charge is 0.228 e. The van der Waals surface area contributed by atoms with Gasteiger partial charge in [-0.2, -0.15) is 0 Å². The molecule has 8 aromatic carbocycles. The van der Waals surface area contributed by atoms with Crippen LogP contribution in [-0.2, 0) is 5.41 Å². The number of benzene rings is 8. The van der Waals surface area contributed by atoms with E-state index >= 15 is 0 Å². The summed E-state index contributed by atoms with van der Waals surface area (Å²) >= 11 is 0. The predicted molar refractivity (Wildman–Crippen MR) is 230 cm³/mol. The van der Waals surface area contributed by atoms with Gasteiger partial charge in [-0.3, -0.25) is 0 Å². The van der Waals surface area contributed by atoms with E-state index in [4.69, 9.17) is 9.97 Å². The molecule has 0 spiro atoms. The molecule has 0 atom stereocenters. The summed E-state index contributed by atoms with van der Waals surface area (Å²) in [6.07, 6.45) is 0. The number of hydrogen-bond donors (Lipinski definition) is 0. The van der Waals surface area contributed by atoms with Gasteiger partial charge < -0.3 is 0 Å². The van der Waals surface area contributed by atoms with Gasteiger partial charge in [0.15, 0.2) is 5.82 Å². The summed E-state index contributed by atoms with van der Waals surface area (Å²) in [6.45, 7) is 4.74. The second-order valence-electron chi connectivity index (χ2n) is 15.0. The first kappa shape index (κ1) is 32.7. The zero-order valence-electron chi connectivity index (χ0n) is 30.9. The molecule has 260 valence electrons. The lowest BCUT2D eigenvalue weighted by molar-refractivity contribution is 0.666. The summed E-state index contributed by atoms with van der Waals surface area (Å²) in [5.74, 6) is 0.711. The third-order valence-electron chi connectivity index (χ3n) is 11.3. The number of aromatic nitrogens is 2. The van der Waals surface area contributed by atoms with Crippen molar-refractivity contribution in [2.45, 2.75) is 19.3 Å². The molecular weight excluding hydrogens is 665 g/mol. The van der Waals surface area contributed by atoms with Crippen LogP contribution in [0.4, 0.5) is 0 Å². The fraction of sp³-hybridized carbons (Fsp3) is 0.0566. The molecule has 2 heteroatoms. The first-order chi connectivity index (χ1) is 27.0. The Labute approximate surface area is 322 Å². The van der Waals surface area contributed by atoms with Gasteiger partial charge in [0.25, 0.3) is 0 Å². The number of hydrogen-bond acceptors (Lipinski definition) is 2. The minimum atomic E-state index is -0.0963. The van der Waals surface area contributed by atoms with Crippen LogP contribution in [0.1, 0.15) is 25.0 Å². The van der Waals surface area contributed by atoms with Gasteiger partial charge >= 0.3 is 0 Å². The zero-order valence-corrected chi connectivity index (χ0v) is 30.9. The van der Waals surface area contributed by atoms with Crippen LogP contribution in [0.15, 0.2) is 194 Å². The number of nitrogens with zero attached hydrogens (tertiary/aromatic N) is 2. The van der Waals surface area contributed by atoms with E-state index in [1.165, 1.54) is 55.3 Å². The van der Waals surface area contributed by atoms with Gasteiger partial charge in [0.05, 0.1) is 11.4 Å². The SMILES string of the molecule is CC1(C)c2cccc(-c3cccc(-c4ccc(-c5cc(-c6cccc(-c7ccccc7)c6)nc(-c6ccccc6)n5)cc4)c3)c2-c2ccc3ccccc3c21. The molecule has 0 fully saturated rings. The van der Waals surface area contributed by atoms with Gasteiger partial charge in [-0.25, -0.2) is 9.97 Å². The molecule has 0 amide bonds. The molecule has 9 aromatic rings. The summed E-state index contributed by atoms with van der Waals surface area (Å²) in [5, 5.41) is 2.63. The zero-order chi connectivity index (χ0) is 36.9. The van der Waals surface area contributed by atoms with Crippen LogP contribution in [0.5, 0.6) is 0 Å². The van der Waals surface area contributed by atoms with Crippen LogP contribution >= 0.6 is 0 Å². The number of rotatable bonds is 6. The molecular formula is C53H38N2. The summed E-state index contributed by atoms with van der Waals surface area (Å²) in [4.78, 5) is 10.2. The summed E-state index contributed by atoms with van der Waals surface area (Å²) in [6, 6.07) is 69.5.